The van der Waals surface area contributed by atoms with Crippen LogP contribution in [-0.4, -0.2) is 4.98 Å². The molecule has 3 nitrogen and oxygen atoms in total. The van der Waals surface area contributed by atoms with Crippen molar-refractivity contribution in [3.8, 4) is 11.1 Å². The van der Waals surface area contributed by atoms with Gasteiger partial charge in [-0.2, -0.15) is 0 Å². The quantitative estimate of drug-likeness (QED) is 0.831. The lowest BCUT2D eigenvalue weighted by Gasteiger charge is -2.02. The number of nitrogens with two attached hydrogens (primary N) is 1. The van der Waals surface area contributed by atoms with Gasteiger partial charge in [0.15, 0.2) is 0 Å². The molecule has 3 N–H and O–H groups in total. The molecule has 0 saturated heterocycles. The van der Waals surface area contributed by atoms with E-state index >= 15 is 0 Å². The number of benzene rings is 1. The number of pyridine rings is 1. The van der Waals surface area contributed by atoms with Gasteiger partial charge in [0.1, 0.15) is 5.82 Å². The Labute approximate surface area is 95.1 Å². The van der Waals surface area contributed by atoms with Gasteiger partial charge in [-0.3, -0.25) is 4.79 Å². The molecule has 0 atom stereocenters. The van der Waals surface area contributed by atoms with Crippen molar-refractivity contribution in [2.24, 2.45) is 0 Å². The molecule has 4 heteroatoms. The highest BCUT2D eigenvalue weighted by Gasteiger charge is 1.99. The second-order valence-corrected chi connectivity index (χ2v) is 4.11. The van der Waals surface area contributed by atoms with Crippen LogP contribution in [0.15, 0.2) is 45.7 Å². The van der Waals surface area contributed by atoms with Gasteiger partial charge in [0.2, 0.25) is 5.56 Å². The van der Waals surface area contributed by atoms with Crippen molar-refractivity contribution in [1.82, 2.24) is 4.98 Å². The fourth-order valence-electron chi connectivity index (χ4n) is 1.37. The molecule has 1 aromatic heterocycles. The average molecular weight is 265 g/mol. The van der Waals surface area contributed by atoms with E-state index in [9.17, 15) is 4.79 Å². The second kappa shape index (κ2) is 3.90. The van der Waals surface area contributed by atoms with E-state index in [-0.39, 0.29) is 5.56 Å². The molecule has 2 aromatic rings. The predicted molar refractivity (Wildman–Crippen MR) is 64.6 cm³/mol. The smallest absolute Gasteiger partial charge is 0.250 e. The number of nitrogens with one attached hydrogen (secondary N) is 1. The predicted octanol–water partition coefficient (Wildman–Crippen LogP) is 2.39. The number of aromatic amines is 1. The van der Waals surface area contributed by atoms with E-state index in [0.29, 0.717) is 5.82 Å². The van der Waals surface area contributed by atoms with Crippen molar-refractivity contribution in [2.75, 3.05) is 5.73 Å². The lowest BCUT2D eigenvalue weighted by Crippen LogP contribution is -2.07. The minimum atomic E-state index is -0.187. The number of aromatic nitrogens is 1. The third kappa shape index (κ3) is 2.27. The molecule has 15 heavy (non-hydrogen) atoms. The molecule has 0 unspecified atom stereocenters. The first-order valence-electron chi connectivity index (χ1n) is 4.41. The van der Waals surface area contributed by atoms with Gasteiger partial charge in [0.25, 0.3) is 0 Å². The van der Waals surface area contributed by atoms with E-state index in [0.717, 1.165) is 15.6 Å². The Bertz CT molecular complexity index is 531. The summed E-state index contributed by atoms with van der Waals surface area (Å²) in [6, 6.07) is 11.0. The van der Waals surface area contributed by atoms with Crippen LogP contribution in [0.1, 0.15) is 0 Å². The normalized spacial score (nSPS) is 10.2. The summed E-state index contributed by atoms with van der Waals surface area (Å²) in [7, 11) is 0. The Balaban J connectivity index is 2.54. The third-order valence-corrected chi connectivity index (χ3v) is 2.57. The van der Waals surface area contributed by atoms with Gasteiger partial charge in [-0.15, -0.1) is 0 Å². The zero-order valence-corrected chi connectivity index (χ0v) is 9.41. The number of halogens is 1. The molecule has 1 aromatic carbocycles. The van der Waals surface area contributed by atoms with E-state index in [1.54, 1.807) is 6.07 Å². The first kappa shape index (κ1) is 9.98. The molecule has 0 aliphatic carbocycles. The number of rotatable bonds is 1. The standard InChI is InChI=1S/C11H9BrN2O/c12-9-3-1-7(2-4-9)8-5-10(13)14-11(15)6-8/h1-6H,(H3,13,14,15). The number of hydrogen-bond donors (Lipinski definition) is 2. The molecule has 0 saturated carbocycles. The molecule has 0 aliphatic rings. The summed E-state index contributed by atoms with van der Waals surface area (Å²) >= 11 is 3.35. The zero-order chi connectivity index (χ0) is 10.8. The Morgan fingerprint density at radius 3 is 2.33 bits per heavy atom. The summed E-state index contributed by atoms with van der Waals surface area (Å²) in [6.07, 6.45) is 0. The topological polar surface area (TPSA) is 58.9 Å². The molecule has 0 spiro atoms. The van der Waals surface area contributed by atoms with Crippen LogP contribution in [0, 0.1) is 0 Å². The Morgan fingerprint density at radius 2 is 1.73 bits per heavy atom. The average Bonchev–Trinajstić information content (AvgIpc) is 2.17. The van der Waals surface area contributed by atoms with Gasteiger partial charge in [-0.25, -0.2) is 0 Å². The van der Waals surface area contributed by atoms with Crippen LogP contribution < -0.4 is 11.3 Å². The van der Waals surface area contributed by atoms with E-state index < -0.39 is 0 Å². The van der Waals surface area contributed by atoms with Crippen molar-refractivity contribution in [3.63, 3.8) is 0 Å². The van der Waals surface area contributed by atoms with E-state index in [4.69, 9.17) is 5.73 Å². The van der Waals surface area contributed by atoms with E-state index in [2.05, 4.69) is 20.9 Å². The maximum Gasteiger partial charge on any atom is 0.250 e. The van der Waals surface area contributed by atoms with Crippen molar-refractivity contribution in [1.29, 1.82) is 0 Å². The molecule has 76 valence electrons. The molecule has 0 aliphatic heterocycles. The monoisotopic (exact) mass is 264 g/mol. The van der Waals surface area contributed by atoms with Crippen molar-refractivity contribution in [2.45, 2.75) is 0 Å². The summed E-state index contributed by atoms with van der Waals surface area (Å²) in [6.45, 7) is 0. The molecule has 0 bridgehead atoms. The third-order valence-electron chi connectivity index (χ3n) is 2.04. The largest absolute Gasteiger partial charge is 0.385 e. The molecular formula is C11H9BrN2O. The number of hydrogen-bond acceptors (Lipinski definition) is 2. The molecular weight excluding hydrogens is 256 g/mol. The van der Waals surface area contributed by atoms with Gasteiger partial charge in [-0.1, -0.05) is 28.1 Å². The van der Waals surface area contributed by atoms with Crippen molar-refractivity contribution < 1.29 is 0 Å². The maximum absolute atomic E-state index is 11.2. The van der Waals surface area contributed by atoms with Crippen LogP contribution in [0.2, 0.25) is 0 Å². The van der Waals surface area contributed by atoms with E-state index in [1.807, 2.05) is 24.3 Å². The summed E-state index contributed by atoms with van der Waals surface area (Å²) in [4.78, 5) is 13.7. The highest BCUT2D eigenvalue weighted by atomic mass is 79.9. The first-order valence-corrected chi connectivity index (χ1v) is 5.20. The fourth-order valence-corrected chi connectivity index (χ4v) is 1.64. The van der Waals surface area contributed by atoms with Gasteiger partial charge < -0.3 is 10.7 Å². The zero-order valence-electron chi connectivity index (χ0n) is 7.83. The number of H-pyrrole nitrogens is 1. The second-order valence-electron chi connectivity index (χ2n) is 3.20. The van der Waals surface area contributed by atoms with Crippen LogP contribution in [0.5, 0.6) is 0 Å². The first-order chi connectivity index (χ1) is 7.15. The summed E-state index contributed by atoms with van der Waals surface area (Å²) in [5, 5.41) is 0. The maximum atomic E-state index is 11.2. The molecule has 2 rings (SSSR count). The molecule has 0 radical (unpaired) electrons. The Kier molecular flexibility index (Phi) is 2.60. The summed E-state index contributed by atoms with van der Waals surface area (Å²) < 4.78 is 1.00. The highest BCUT2D eigenvalue weighted by molar-refractivity contribution is 9.10. The fraction of sp³-hybridized carbons (Fsp3) is 0. The minimum absolute atomic E-state index is 0.187. The van der Waals surface area contributed by atoms with Gasteiger partial charge >= 0.3 is 0 Å². The van der Waals surface area contributed by atoms with Crippen LogP contribution in [0.3, 0.4) is 0 Å². The molecule has 0 amide bonds. The van der Waals surface area contributed by atoms with Crippen LogP contribution in [0.4, 0.5) is 5.82 Å². The van der Waals surface area contributed by atoms with Crippen LogP contribution >= 0.6 is 15.9 Å². The highest BCUT2D eigenvalue weighted by Crippen LogP contribution is 2.21. The molecule has 1 heterocycles. The van der Waals surface area contributed by atoms with Crippen molar-refractivity contribution >= 4 is 21.7 Å². The summed E-state index contributed by atoms with van der Waals surface area (Å²) in [5.74, 6) is 0.375. The number of nitrogen functional groups attached to an aromatic ring is 1. The SMILES string of the molecule is Nc1cc(-c2ccc(Br)cc2)cc(=O)[nH]1. The lowest BCUT2D eigenvalue weighted by molar-refractivity contribution is 1.25. The van der Waals surface area contributed by atoms with E-state index in [1.165, 1.54) is 6.07 Å². The van der Waals surface area contributed by atoms with Crippen LogP contribution in [0.25, 0.3) is 11.1 Å². The molecule has 0 fully saturated rings. The van der Waals surface area contributed by atoms with Gasteiger partial charge in [0.05, 0.1) is 0 Å². The van der Waals surface area contributed by atoms with Crippen molar-refractivity contribution in [3.05, 3.63) is 51.2 Å². The Hall–Kier alpha value is -1.55. The summed E-state index contributed by atoms with van der Waals surface area (Å²) in [5.41, 5.74) is 7.17. The van der Waals surface area contributed by atoms with Gasteiger partial charge in [0, 0.05) is 10.5 Å². The number of anilines is 1. The lowest BCUT2D eigenvalue weighted by atomic mass is 10.1. The van der Waals surface area contributed by atoms with Crippen LogP contribution in [-0.2, 0) is 0 Å². The minimum Gasteiger partial charge on any atom is -0.385 e. The Morgan fingerprint density at radius 1 is 1.07 bits per heavy atom. The van der Waals surface area contributed by atoms with Gasteiger partial charge in [-0.05, 0) is 29.3 Å².